The van der Waals surface area contributed by atoms with E-state index in [4.69, 9.17) is 10.8 Å². The summed E-state index contributed by atoms with van der Waals surface area (Å²) in [6, 6.07) is 3.54. The maximum atomic E-state index is 13.0. The third-order valence-corrected chi connectivity index (χ3v) is 5.27. The monoisotopic (exact) mass is 464 g/mol. The minimum Gasteiger partial charge on any atom is -0.481 e. The van der Waals surface area contributed by atoms with Gasteiger partial charge in [-0.3, -0.25) is 19.2 Å². The van der Waals surface area contributed by atoms with Crippen LogP contribution >= 0.6 is 0 Å². The average Bonchev–Trinajstić information content (AvgIpc) is 3.27. The van der Waals surface area contributed by atoms with E-state index in [2.05, 4.69) is 10.6 Å². The van der Waals surface area contributed by atoms with Crippen molar-refractivity contribution in [3.8, 4) is 0 Å². The maximum absolute atomic E-state index is 13.0. The van der Waals surface area contributed by atoms with Crippen LogP contribution in [-0.4, -0.2) is 87.2 Å². The molecule has 1 aromatic rings. The number of amides is 3. The van der Waals surface area contributed by atoms with Gasteiger partial charge in [-0.15, -0.1) is 0 Å². The van der Waals surface area contributed by atoms with Crippen molar-refractivity contribution >= 4 is 29.7 Å². The summed E-state index contributed by atoms with van der Waals surface area (Å²) in [5.74, 6) is -4.89. The molecule has 1 saturated heterocycles. The van der Waals surface area contributed by atoms with E-state index in [9.17, 15) is 34.2 Å². The Kier molecular flexibility index (Phi) is 9.30. The Balaban J connectivity index is 2.16. The Morgan fingerprint density at radius 2 is 1.67 bits per heavy atom. The predicted octanol–water partition coefficient (Wildman–Crippen LogP) is -1.93. The van der Waals surface area contributed by atoms with Gasteiger partial charge in [-0.25, -0.2) is 4.79 Å². The summed E-state index contributed by atoms with van der Waals surface area (Å²) >= 11 is 0. The minimum absolute atomic E-state index is 0.00596. The summed E-state index contributed by atoms with van der Waals surface area (Å²) in [7, 11) is 0. The standard InChI is InChI=1S/C21H28N4O8/c22-13(10-17(27)28)18(29)23-14(9-12-5-2-1-3-6-12)19(30)24-15(11-26)20(31)25-8-4-7-16(25)21(32)33/h1-3,5-6,13-16,26H,4,7-11,22H2,(H,23,29)(H,24,30)(H,27,28)(H,32,33). The molecule has 1 aliphatic rings. The molecule has 0 radical (unpaired) electrons. The van der Waals surface area contributed by atoms with Crippen molar-refractivity contribution in [3.05, 3.63) is 35.9 Å². The third kappa shape index (κ3) is 7.26. The molecule has 0 aromatic heterocycles. The van der Waals surface area contributed by atoms with E-state index in [1.165, 1.54) is 0 Å². The van der Waals surface area contributed by atoms with Crippen LogP contribution in [0.5, 0.6) is 0 Å². The van der Waals surface area contributed by atoms with Crippen molar-refractivity contribution in [2.75, 3.05) is 13.2 Å². The molecule has 33 heavy (non-hydrogen) atoms. The van der Waals surface area contributed by atoms with Gasteiger partial charge in [0.2, 0.25) is 17.7 Å². The van der Waals surface area contributed by atoms with Crippen molar-refractivity contribution in [2.45, 2.75) is 49.9 Å². The number of carboxylic acids is 2. The number of likely N-dealkylation sites (tertiary alicyclic amines) is 1. The summed E-state index contributed by atoms with van der Waals surface area (Å²) < 4.78 is 0. The lowest BCUT2D eigenvalue weighted by Gasteiger charge is -2.28. The fourth-order valence-corrected chi connectivity index (χ4v) is 3.56. The summed E-state index contributed by atoms with van der Waals surface area (Å²) in [5, 5.41) is 32.6. The Labute approximate surface area is 189 Å². The third-order valence-electron chi connectivity index (χ3n) is 5.27. The van der Waals surface area contributed by atoms with E-state index in [1.54, 1.807) is 30.3 Å². The van der Waals surface area contributed by atoms with Gasteiger partial charge in [0.25, 0.3) is 0 Å². The number of hydrogen-bond donors (Lipinski definition) is 6. The first-order valence-corrected chi connectivity index (χ1v) is 10.4. The first kappa shape index (κ1) is 25.7. The molecule has 12 nitrogen and oxygen atoms in total. The lowest BCUT2D eigenvalue weighted by Crippen LogP contribution is -2.58. The highest BCUT2D eigenvalue weighted by Crippen LogP contribution is 2.18. The molecule has 1 fully saturated rings. The van der Waals surface area contributed by atoms with Crippen LogP contribution < -0.4 is 16.4 Å². The summed E-state index contributed by atoms with van der Waals surface area (Å²) in [5.41, 5.74) is 6.25. The summed E-state index contributed by atoms with van der Waals surface area (Å²) in [6.45, 7) is -0.603. The van der Waals surface area contributed by atoms with Gasteiger partial charge in [-0.2, -0.15) is 0 Å². The van der Waals surface area contributed by atoms with Crippen LogP contribution in [-0.2, 0) is 30.4 Å². The number of carboxylic acid groups (broad SMARTS) is 2. The smallest absolute Gasteiger partial charge is 0.326 e. The molecule has 4 atom stereocenters. The van der Waals surface area contributed by atoms with E-state index in [0.717, 1.165) is 4.90 Å². The number of aliphatic hydroxyl groups is 1. The first-order valence-electron chi connectivity index (χ1n) is 10.4. The Bertz CT molecular complexity index is 878. The van der Waals surface area contributed by atoms with Crippen molar-refractivity contribution < 1.29 is 39.3 Å². The minimum atomic E-state index is -1.42. The van der Waals surface area contributed by atoms with Crippen molar-refractivity contribution in [3.63, 3.8) is 0 Å². The lowest BCUT2D eigenvalue weighted by molar-refractivity contribution is -0.150. The van der Waals surface area contributed by atoms with Crippen molar-refractivity contribution in [2.24, 2.45) is 5.73 Å². The van der Waals surface area contributed by atoms with Gasteiger partial charge >= 0.3 is 11.9 Å². The van der Waals surface area contributed by atoms with Crippen LogP contribution in [0.1, 0.15) is 24.8 Å². The molecule has 0 saturated carbocycles. The number of nitrogens with two attached hydrogens (primary N) is 1. The zero-order chi connectivity index (χ0) is 24.5. The van der Waals surface area contributed by atoms with Gasteiger partial charge in [0.1, 0.15) is 18.1 Å². The van der Waals surface area contributed by atoms with Gasteiger partial charge in [0.05, 0.1) is 19.1 Å². The molecule has 1 aliphatic heterocycles. The van der Waals surface area contributed by atoms with E-state index < -0.39 is 66.9 Å². The Morgan fingerprint density at radius 3 is 2.24 bits per heavy atom. The van der Waals surface area contributed by atoms with Crippen LogP contribution in [0.15, 0.2) is 30.3 Å². The molecular weight excluding hydrogens is 436 g/mol. The zero-order valence-corrected chi connectivity index (χ0v) is 17.8. The number of nitrogens with one attached hydrogen (secondary N) is 2. The summed E-state index contributed by atoms with van der Waals surface area (Å²) in [4.78, 5) is 61.4. The van der Waals surface area contributed by atoms with Gasteiger partial charge in [-0.1, -0.05) is 30.3 Å². The largest absolute Gasteiger partial charge is 0.481 e. The van der Waals surface area contributed by atoms with E-state index in [0.29, 0.717) is 12.0 Å². The van der Waals surface area contributed by atoms with Gasteiger partial charge in [0.15, 0.2) is 0 Å². The number of hydrogen-bond acceptors (Lipinski definition) is 7. The van der Waals surface area contributed by atoms with Crippen LogP contribution in [0.2, 0.25) is 0 Å². The second kappa shape index (κ2) is 11.9. The number of carbonyl (C=O) groups is 5. The molecule has 0 bridgehead atoms. The fourth-order valence-electron chi connectivity index (χ4n) is 3.56. The highest BCUT2D eigenvalue weighted by atomic mass is 16.4. The molecule has 0 spiro atoms. The number of benzene rings is 1. The summed E-state index contributed by atoms with van der Waals surface area (Å²) in [6.07, 6.45) is 0.102. The topological polar surface area (TPSA) is 199 Å². The van der Waals surface area contributed by atoms with Crippen LogP contribution in [0.3, 0.4) is 0 Å². The number of rotatable bonds is 11. The Hall–Kier alpha value is -3.51. The molecule has 1 aromatic carbocycles. The number of aliphatic hydroxyl groups excluding tert-OH is 1. The van der Waals surface area contributed by atoms with Gasteiger partial charge in [-0.05, 0) is 18.4 Å². The fraction of sp³-hybridized carbons (Fsp3) is 0.476. The second-order valence-electron chi connectivity index (χ2n) is 7.73. The first-order chi connectivity index (χ1) is 15.6. The number of aliphatic carboxylic acids is 2. The van der Waals surface area contributed by atoms with Crippen molar-refractivity contribution in [1.29, 1.82) is 0 Å². The number of carbonyl (C=O) groups excluding carboxylic acids is 3. The molecule has 1 heterocycles. The highest BCUT2D eigenvalue weighted by molar-refractivity contribution is 5.95. The SMILES string of the molecule is NC(CC(=O)O)C(=O)NC(Cc1ccccc1)C(=O)NC(CO)C(=O)N1CCCC1C(=O)O. The van der Waals surface area contributed by atoms with E-state index >= 15 is 0 Å². The molecule has 12 heteroatoms. The lowest BCUT2D eigenvalue weighted by atomic mass is 10.0. The molecule has 0 aliphatic carbocycles. The molecule has 3 amide bonds. The van der Waals surface area contributed by atoms with E-state index in [-0.39, 0.29) is 19.4 Å². The quantitative estimate of drug-likeness (QED) is 0.216. The van der Waals surface area contributed by atoms with Crippen LogP contribution in [0.25, 0.3) is 0 Å². The molecule has 7 N–H and O–H groups in total. The maximum Gasteiger partial charge on any atom is 0.326 e. The zero-order valence-electron chi connectivity index (χ0n) is 17.8. The predicted molar refractivity (Wildman–Crippen MR) is 114 cm³/mol. The molecular formula is C21H28N4O8. The Morgan fingerprint density at radius 1 is 1.03 bits per heavy atom. The van der Waals surface area contributed by atoms with Crippen LogP contribution in [0.4, 0.5) is 0 Å². The molecule has 4 unspecified atom stereocenters. The highest BCUT2D eigenvalue weighted by Gasteiger charge is 2.38. The van der Waals surface area contributed by atoms with Crippen LogP contribution in [0, 0.1) is 0 Å². The van der Waals surface area contributed by atoms with Gasteiger partial charge < -0.3 is 36.6 Å². The second-order valence-corrected chi connectivity index (χ2v) is 7.73. The molecule has 180 valence electrons. The average molecular weight is 464 g/mol. The normalized spacial score (nSPS) is 18.1. The van der Waals surface area contributed by atoms with Gasteiger partial charge in [0, 0.05) is 13.0 Å². The molecule has 2 rings (SSSR count). The number of nitrogens with zero attached hydrogens (tertiary/aromatic N) is 1. The van der Waals surface area contributed by atoms with E-state index in [1.807, 2.05) is 0 Å². The van der Waals surface area contributed by atoms with Crippen molar-refractivity contribution in [1.82, 2.24) is 15.5 Å².